The average molecular weight is 431 g/mol. The molecule has 0 amide bonds. The van der Waals surface area contributed by atoms with Crippen molar-refractivity contribution in [1.29, 1.82) is 0 Å². The van der Waals surface area contributed by atoms with E-state index in [1.54, 1.807) is 6.08 Å². The largest absolute Gasteiger partial charge is 0.454 e. The molecule has 6 heteroatoms. The third-order valence-corrected chi connectivity index (χ3v) is 9.31. The molecule has 31 heavy (non-hydrogen) atoms. The molecule has 0 aromatic heterocycles. The van der Waals surface area contributed by atoms with E-state index in [-0.39, 0.29) is 34.7 Å². The maximum atomic E-state index is 12.8. The minimum Gasteiger partial charge on any atom is -0.454 e. The van der Waals surface area contributed by atoms with Gasteiger partial charge in [-0.05, 0) is 68.8 Å². The number of Topliss-reactive ketones (excluding diaryl/α,β-unsaturated/α-hetero) is 1. The van der Waals surface area contributed by atoms with Gasteiger partial charge in [-0.3, -0.25) is 9.59 Å². The number of fused-ring (bicyclic) bond motifs is 6. The Morgan fingerprint density at radius 2 is 2.00 bits per heavy atom. The van der Waals surface area contributed by atoms with Gasteiger partial charge >= 0.3 is 0 Å². The molecule has 5 rings (SSSR count). The van der Waals surface area contributed by atoms with Crippen molar-refractivity contribution in [3.05, 3.63) is 23.2 Å². The summed E-state index contributed by atoms with van der Waals surface area (Å²) < 4.78 is 12.2. The van der Waals surface area contributed by atoms with Crippen molar-refractivity contribution in [3.63, 3.8) is 0 Å². The first-order valence-corrected chi connectivity index (χ1v) is 11.9. The number of carbonyl (C=O) groups excluding carboxylic acids is 2. The summed E-state index contributed by atoms with van der Waals surface area (Å²) in [6, 6.07) is 0. The highest BCUT2D eigenvalue weighted by atomic mass is 16.7. The molecule has 5 aliphatic rings. The number of hydrogen-bond acceptors (Lipinski definition) is 6. The number of aliphatic hydroxyl groups is 2. The van der Waals surface area contributed by atoms with E-state index < -0.39 is 24.4 Å². The van der Waals surface area contributed by atoms with Crippen LogP contribution in [0.25, 0.3) is 0 Å². The molecule has 3 fully saturated rings. The third-order valence-electron chi connectivity index (χ3n) is 9.31. The highest BCUT2D eigenvalue weighted by Gasteiger charge is 2.65. The summed E-state index contributed by atoms with van der Waals surface area (Å²) in [5.74, 6) is 1.02. The quantitative estimate of drug-likeness (QED) is 0.711. The van der Waals surface area contributed by atoms with Crippen molar-refractivity contribution in [2.45, 2.75) is 78.1 Å². The fourth-order valence-electron chi connectivity index (χ4n) is 8.02. The van der Waals surface area contributed by atoms with Crippen LogP contribution in [0.1, 0.15) is 65.7 Å². The highest BCUT2D eigenvalue weighted by Crippen LogP contribution is 2.68. The molecular formula is C25H34O6. The monoisotopic (exact) mass is 430 g/mol. The number of allylic oxidation sites excluding steroid dienone is 2. The van der Waals surface area contributed by atoms with Crippen molar-refractivity contribution < 1.29 is 29.3 Å². The molecule has 3 saturated carbocycles. The number of rotatable bonds is 4. The van der Waals surface area contributed by atoms with E-state index in [2.05, 4.69) is 20.8 Å². The molecule has 0 aromatic rings. The van der Waals surface area contributed by atoms with Gasteiger partial charge in [0.05, 0.1) is 11.5 Å². The van der Waals surface area contributed by atoms with Crippen LogP contribution < -0.4 is 0 Å². The van der Waals surface area contributed by atoms with Crippen LogP contribution in [0.4, 0.5) is 0 Å². The van der Waals surface area contributed by atoms with Crippen LogP contribution in [-0.2, 0) is 19.1 Å². The zero-order valence-corrected chi connectivity index (χ0v) is 18.7. The van der Waals surface area contributed by atoms with E-state index in [0.29, 0.717) is 30.3 Å². The fourth-order valence-corrected chi connectivity index (χ4v) is 8.02. The molecule has 1 aliphatic heterocycles. The highest BCUT2D eigenvalue weighted by molar-refractivity contribution is 6.05. The lowest BCUT2D eigenvalue weighted by molar-refractivity contribution is -0.146. The number of ether oxygens (including phenoxy) is 2. The van der Waals surface area contributed by atoms with Crippen LogP contribution in [-0.4, -0.2) is 40.8 Å². The molecular weight excluding hydrogens is 396 g/mol. The Morgan fingerprint density at radius 3 is 2.71 bits per heavy atom. The van der Waals surface area contributed by atoms with E-state index in [9.17, 15) is 19.8 Å². The van der Waals surface area contributed by atoms with Gasteiger partial charge in [0.15, 0.2) is 11.5 Å². The molecule has 6 nitrogen and oxygen atoms in total. The molecule has 170 valence electrons. The van der Waals surface area contributed by atoms with Gasteiger partial charge in [-0.15, -0.1) is 0 Å². The molecule has 4 aliphatic carbocycles. The lowest BCUT2D eigenvalue weighted by Crippen LogP contribution is -2.57. The van der Waals surface area contributed by atoms with Crippen LogP contribution in [0.5, 0.6) is 0 Å². The number of ketones is 2. The number of hydrogen-bond donors (Lipinski definition) is 2. The Hall–Kier alpha value is -1.66. The molecule has 8 atom stereocenters. The predicted octanol–water partition coefficient (Wildman–Crippen LogP) is 3.27. The van der Waals surface area contributed by atoms with Crippen molar-refractivity contribution >= 4 is 11.6 Å². The molecule has 0 saturated heterocycles. The Morgan fingerprint density at radius 1 is 1.23 bits per heavy atom. The molecule has 0 spiro atoms. The lowest BCUT2D eigenvalue weighted by atomic mass is 9.46. The molecule has 0 bridgehead atoms. The summed E-state index contributed by atoms with van der Waals surface area (Å²) >= 11 is 0. The Bertz CT molecular complexity index is 873. The van der Waals surface area contributed by atoms with Gasteiger partial charge < -0.3 is 19.7 Å². The zero-order valence-electron chi connectivity index (χ0n) is 18.7. The minimum atomic E-state index is -0.608. The smallest absolute Gasteiger partial charge is 0.241 e. The van der Waals surface area contributed by atoms with Crippen molar-refractivity contribution in [2.24, 2.45) is 34.5 Å². The van der Waals surface area contributed by atoms with Crippen molar-refractivity contribution in [3.8, 4) is 0 Å². The molecule has 1 unspecified atom stereocenters. The van der Waals surface area contributed by atoms with Gasteiger partial charge in [-0.2, -0.15) is 0 Å². The van der Waals surface area contributed by atoms with E-state index in [1.165, 1.54) is 0 Å². The standard InChI is InChI=1S/C25H34O6/c1-4-5-20-30-22-17(27)10-13-6-7-14-15-8-9-16(19(29)12-26)24(15,2)11-18(28)21(14)25(13,3)23(22)31-20/h10,14-16,18,20-21,26,28H,4-9,11-12H2,1-3H3/t14-,15-,16-,18-,20?,21+,24-,25-/m0/s1. The fraction of sp³-hybridized carbons (Fsp3) is 0.760. The summed E-state index contributed by atoms with van der Waals surface area (Å²) in [6.45, 7) is 5.89. The molecule has 0 aromatic carbocycles. The summed E-state index contributed by atoms with van der Waals surface area (Å²) in [7, 11) is 0. The van der Waals surface area contributed by atoms with Crippen LogP contribution in [0.2, 0.25) is 0 Å². The Labute approximate surface area is 183 Å². The summed E-state index contributed by atoms with van der Waals surface area (Å²) in [6.07, 6.45) is 6.24. The van der Waals surface area contributed by atoms with Gasteiger partial charge in [0, 0.05) is 18.3 Å². The van der Waals surface area contributed by atoms with E-state index in [0.717, 1.165) is 37.7 Å². The summed E-state index contributed by atoms with van der Waals surface area (Å²) in [4.78, 5) is 25.3. The van der Waals surface area contributed by atoms with Gasteiger partial charge in [0.25, 0.3) is 0 Å². The van der Waals surface area contributed by atoms with E-state index in [1.807, 2.05) is 0 Å². The van der Waals surface area contributed by atoms with Gasteiger partial charge in [0.1, 0.15) is 6.61 Å². The van der Waals surface area contributed by atoms with Crippen LogP contribution in [0, 0.1) is 34.5 Å². The SMILES string of the molecule is CCCC1OC2=C(O1)[C@@]1(C)C(=CC2=O)CC[C@@H]2[C@@H]1[C@@H](O)C[C@]1(C)[C@H](C(=O)CO)CC[C@@H]21. The second-order valence-corrected chi connectivity index (χ2v) is 10.7. The van der Waals surface area contributed by atoms with Gasteiger partial charge in [-0.1, -0.05) is 19.4 Å². The number of carbonyl (C=O) groups is 2. The van der Waals surface area contributed by atoms with Gasteiger partial charge in [0.2, 0.25) is 17.8 Å². The van der Waals surface area contributed by atoms with Crippen LogP contribution >= 0.6 is 0 Å². The maximum Gasteiger partial charge on any atom is 0.241 e. The van der Waals surface area contributed by atoms with E-state index >= 15 is 0 Å². The minimum absolute atomic E-state index is 0.0735. The lowest BCUT2D eigenvalue weighted by Gasteiger charge is -2.59. The normalized spacial score (nSPS) is 45.7. The van der Waals surface area contributed by atoms with Crippen LogP contribution in [0.3, 0.4) is 0 Å². The van der Waals surface area contributed by atoms with Gasteiger partial charge in [-0.25, -0.2) is 0 Å². The molecule has 2 N–H and O–H groups in total. The second kappa shape index (κ2) is 7.17. The first-order chi connectivity index (χ1) is 14.8. The topological polar surface area (TPSA) is 93.1 Å². The Kier molecular flexibility index (Phi) is 4.91. The molecule has 0 radical (unpaired) electrons. The van der Waals surface area contributed by atoms with Crippen LogP contribution in [0.15, 0.2) is 23.2 Å². The summed E-state index contributed by atoms with van der Waals surface area (Å²) in [5.41, 5.74) is 0.188. The van der Waals surface area contributed by atoms with E-state index in [4.69, 9.17) is 9.47 Å². The Balaban J connectivity index is 1.53. The third kappa shape index (κ3) is 2.76. The zero-order chi connectivity index (χ0) is 22.1. The second-order valence-electron chi connectivity index (χ2n) is 10.7. The van der Waals surface area contributed by atoms with Crippen molar-refractivity contribution in [2.75, 3.05) is 6.61 Å². The number of aliphatic hydroxyl groups excluding tert-OH is 2. The molecule has 1 heterocycles. The first kappa shape index (κ1) is 21.2. The maximum absolute atomic E-state index is 12.8. The van der Waals surface area contributed by atoms with Crippen molar-refractivity contribution in [1.82, 2.24) is 0 Å². The average Bonchev–Trinajstić information content (AvgIpc) is 3.30. The first-order valence-electron chi connectivity index (χ1n) is 11.9. The predicted molar refractivity (Wildman–Crippen MR) is 112 cm³/mol. The summed E-state index contributed by atoms with van der Waals surface area (Å²) in [5, 5.41) is 21.0.